The van der Waals surface area contributed by atoms with E-state index in [2.05, 4.69) is 22.8 Å². The average Bonchev–Trinajstić information content (AvgIpc) is 2.66. The lowest BCUT2D eigenvalue weighted by Crippen LogP contribution is -2.52. The molecule has 3 rings (SSSR count). The minimum absolute atomic E-state index is 0.140. The number of aliphatic hydroxyl groups excluding tert-OH is 1. The molecule has 2 aliphatic heterocycles. The molecule has 0 spiro atoms. The Hall–Kier alpha value is -2.25. The van der Waals surface area contributed by atoms with Gasteiger partial charge in [0.15, 0.2) is 0 Å². The van der Waals surface area contributed by atoms with Crippen molar-refractivity contribution in [3.05, 3.63) is 35.9 Å². The van der Waals surface area contributed by atoms with E-state index < -0.39 is 11.7 Å². The summed E-state index contributed by atoms with van der Waals surface area (Å²) in [4.78, 5) is 13.6. The summed E-state index contributed by atoms with van der Waals surface area (Å²) in [6.07, 6.45) is 5.15. The van der Waals surface area contributed by atoms with Crippen LogP contribution in [-0.2, 0) is 4.74 Å². The number of amides is 1. The molecule has 1 amide bonds. The lowest BCUT2D eigenvalue weighted by Gasteiger charge is -2.37. The predicted molar refractivity (Wildman–Crippen MR) is 118 cm³/mol. The van der Waals surface area contributed by atoms with E-state index in [0.717, 1.165) is 24.3 Å². The predicted octanol–water partition coefficient (Wildman–Crippen LogP) is 2.90. The number of carbonyl (C=O) groups excluding carboxylic acids is 1. The van der Waals surface area contributed by atoms with Gasteiger partial charge in [-0.25, -0.2) is 4.79 Å². The fourth-order valence-corrected chi connectivity index (χ4v) is 3.18. The zero-order valence-electron chi connectivity index (χ0n) is 18.1. The maximum Gasteiger partial charge on any atom is 0.410 e. The molecule has 2 atom stereocenters. The second-order valence-electron chi connectivity index (χ2n) is 8.59. The van der Waals surface area contributed by atoms with Crippen molar-refractivity contribution < 1.29 is 14.6 Å². The molecule has 0 saturated carbocycles. The van der Waals surface area contributed by atoms with Crippen LogP contribution in [-0.4, -0.2) is 60.0 Å². The molecule has 162 valence electrons. The van der Waals surface area contributed by atoms with Crippen LogP contribution >= 0.6 is 0 Å². The minimum atomic E-state index is -0.669. The van der Waals surface area contributed by atoms with Gasteiger partial charge in [-0.1, -0.05) is 18.2 Å². The van der Waals surface area contributed by atoms with Crippen molar-refractivity contribution in [2.45, 2.75) is 58.3 Å². The number of hydrogen-bond acceptors (Lipinski definition) is 6. The highest BCUT2D eigenvalue weighted by molar-refractivity contribution is 5.69. The number of ether oxygens (including phenoxy) is 1. The van der Waals surface area contributed by atoms with Crippen molar-refractivity contribution in [3.63, 3.8) is 0 Å². The molecule has 0 aromatic heterocycles. The van der Waals surface area contributed by atoms with Gasteiger partial charge in [0.2, 0.25) is 0 Å². The van der Waals surface area contributed by atoms with Crippen molar-refractivity contribution in [3.8, 4) is 0 Å². The van der Waals surface area contributed by atoms with E-state index in [9.17, 15) is 9.90 Å². The SMILES string of the molecule is C1=CCNCC1.Cc1ccc(NC2CCN(C(=O)OC(C)(C)C)C[C@H]2O)c(N)c1. The number of nitrogens with one attached hydrogen (secondary N) is 2. The Labute approximate surface area is 174 Å². The summed E-state index contributed by atoms with van der Waals surface area (Å²) in [5.74, 6) is 0. The molecule has 1 fully saturated rings. The third-order valence-corrected chi connectivity index (χ3v) is 4.70. The van der Waals surface area contributed by atoms with Crippen LogP contribution in [0.15, 0.2) is 30.4 Å². The van der Waals surface area contributed by atoms with Gasteiger partial charge in [0, 0.05) is 13.1 Å². The van der Waals surface area contributed by atoms with E-state index in [0.29, 0.717) is 18.7 Å². The lowest BCUT2D eigenvalue weighted by atomic mass is 10.0. The van der Waals surface area contributed by atoms with Gasteiger partial charge < -0.3 is 31.1 Å². The number of piperidine rings is 1. The first-order valence-electron chi connectivity index (χ1n) is 10.3. The zero-order valence-corrected chi connectivity index (χ0v) is 18.1. The molecular weight excluding hydrogens is 368 g/mol. The Bertz CT molecular complexity index is 692. The van der Waals surface area contributed by atoms with Crippen LogP contribution in [0.4, 0.5) is 16.2 Å². The largest absolute Gasteiger partial charge is 0.444 e. The molecule has 2 aliphatic rings. The number of likely N-dealkylation sites (tertiary alicyclic amines) is 1. The quantitative estimate of drug-likeness (QED) is 0.447. The van der Waals surface area contributed by atoms with Gasteiger partial charge in [-0.2, -0.15) is 0 Å². The first kappa shape index (κ1) is 23.0. The van der Waals surface area contributed by atoms with Crippen LogP contribution in [0.25, 0.3) is 0 Å². The van der Waals surface area contributed by atoms with Gasteiger partial charge in [-0.15, -0.1) is 0 Å². The number of nitrogens with zero attached hydrogens (tertiary/aromatic N) is 1. The fourth-order valence-electron chi connectivity index (χ4n) is 3.18. The van der Waals surface area contributed by atoms with E-state index in [1.54, 1.807) is 4.90 Å². The molecule has 5 N–H and O–H groups in total. The molecule has 0 aliphatic carbocycles. The Morgan fingerprint density at radius 1 is 1.34 bits per heavy atom. The van der Waals surface area contributed by atoms with E-state index in [1.807, 2.05) is 45.9 Å². The fraction of sp³-hybridized carbons (Fsp3) is 0.591. The molecule has 1 unspecified atom stereocenters. The molecule has 0 radical (unpaired) electrons. The van der Waals surface area contributed by atoms with Crippen molar-refractivity contribution in [1.82, 2.24) is 10.2 Å². The molecule has 7 heteroatoms. The average molecular weight is 405 g/mol. The van der Waals surface area contributed by atoms with Gasteiger partial charge in [-0.05, 0) is 64.8 Å². The second kappa shape index (κ2) is 10.5. The number of carbonyl (C=O) groups is 1. The number of hydrogen-bond donors (Lipinski definition) is 4. The van der Waals surface area contributed by atoms with Crippen LogP contribution in [0, 0.1) is 6.92 Å². The van der Waals surface area contributed by atoms with Crippen molar-refractivity contribution >= 4 is 17.5 Å². The smallest absolute Gasteiger partial charge is 0.410 e. The normalized spacial score (nSPS) is 21.8. The first-order valence-corrected chi connectivity index (χ1v) is 10.3. The summed E-state index contributed by atoms with van der Waals surface area (Å²) in [6.45, 7) is 10.5. The number of β-amino-alcohol motifs (C(OH)–C–C–N with tert-alkyl or cyclic N) is 1. The molecule has 1 aromatic rings. The molecule has 2 heterocycles. The van der Waals surface area contributed by atoms with Crippen LogP contribution in [0.5, 0.6) is 0 Å². The third kappa shape index (κ3) is 7.95. The number of nitrogens with two attached hydrogens (primary N) is 1. The van der Waals surface area contributed by atoms with E-state index >= 15 is 0 Å². The molecule has 7 nitrogen and oxygen atoms in total. The molecule has 1 aromatic carbocycles. The number of rotatable bonds is 2. The number of aliphatic hydroxyl groups is 1. The monoisotopic (exact) mass is 404 g/mol. The molecule has 0 bridgehead atoms. The Morgan fingerprint density at radius 2 is 2.10 bits per heavy atom. The summed E-state index contributed by atoms with van der Waals surface area (Å²) in [6, 6.07) is 5.64. The van der Waals surface area contributed by atoms with Gasteiger partial charge in [0.1, 0.15) is 5.60 Å². The van der Waals surface area contributed by atoms with Crippen LogP contribution < -0.4 is 16.4 Å². The van der Waals surface area contributed by atoms with Crippen molar-refractivity contribution in [2.75, 3.05) is 37.2 Å². The molecular formula is C22H36N4O3. The number of benzene rings is 1. The summed E-state index contributed by atoms with van der Waals surface area (Å²) >= 11 is 0. The molecule has 1 saturated heterocycles. The lowest BCUT2D eigenvalue weighted by molar-refractivity contribution is 0.00119. The standard InChI is InChI=1S/C17H27N3O3.C5H9N/c1-11-5-6-13(12(18)9-11)19-14-7-8-20(10-15(14)21)16(22)23-17(2,3)4;1-2-4-6-5-3-1/h5-6,9,14-15,19,21H,7-8,10,18H2,1-4H3;1-2,6H,3-5H2/t14?,15-;/m1./s1. The maximum absolute atomic E-state index is 12.1. The summed E-state index contributed by atoms with van der Waals surface area (Å²) in [7, 11) is 0. The van der Waals surface area contributed by atoms with Gasteiger partial charge in [0.25, 0.3) is 0 Å². The van der Waals surface area contributed by atoms with Crippen molar-refractivity contribution in [1.29, 1.82) is 0 Å². The number of anilines is 2. The van der Waals surface area contributed by atoms with Crippen LogP contribution in [0.2, 0.25) is 0 Å². The van der Waals surface area contributed by atoms with Crippen LogP contribution in [0.3, 0.4) is 0 Å². The Balaban J connectivity index is 0.000000426. The number of aryl methyl sites for hydroxylation is 1. The zero-order chi connectivity index (χ0) is 21.4. The van der Waals surface area contributed by atoms with Crippen molar-refractivity contribution in [2.24, 2.45) is 0 Å². The Morgan fingerprint density at radius 3 is 2.59 bits per heavy atom. The van der Waals surface area contributed by atoms with Gasteiger partial charge in [-0.3, -0.25) is 0 Å². The van der Waals surface area contributed by atoms with E-state index in [-0.39, 0.29) is 18.7 Å². The van der Waals surface area contributed by atoms with Gasteiger partial charge >= 0.3 is 6.09 Å². The maximum atomic E-state index is 12.1. The second-order valence-corrected chi connectivity index (χ2v) is 8.59. The Kier molecular flexibility index (Phi) is 8.34. The minimum Gasteiger partial charge on any atom is -0.444 e. The first-order chi connectivity index (χ1) is 13.7. The topological polar surface area (TPSA) is 99.8 Å². The number of nitrogen functional groups attached to an aromatic ring is 1. The third-order valence-electron chi connectivity index (χ3n) is 4.70. The summed E-state index contributed by atoms with van der Waals surface area (Å²) < 4.78 is 5.35. The van der Waals surface area contributed by atoms with Crippen LogP contribution in [0.1, 0.15) is 39.2 Å². The molecule has 29 heavy (non-hydrogen) atoms. The highest BCUT2D eigenvalue weighted by Gasteiger charge is 2.32. The van der Waals surface area contributed by atoms with E-state index in [4.69, 9.17) is 10.5 Å². The van der Waals surface area contributed by atoms with Gasteiger partial charge in [0.05, 0.1) is 30.1 Å². The summed E-state index contributed by atoms with van der Waals surface area (Å²) in [5, 5.41) is 16.8. The summed E-state index contributed by atoms with van der Waals surface area (Å²) in [5.41, 5.74) is 8.03. The highest BCUT2D eigenvalue weighted by Crippen LogP contribution is 2.24. The highest BCUT2D eigenvalue weighted by atomic mass is 16.6. The van der Waals surface area contributed by atoms with E-state index in [1.165, 1.54) is 6.42 Å².